The molecule has 1 rings (SSSR count). The van der Waals surface area contributed by atoms with Crippen LogP contribution in [0.15, 0.2) is 24.3 Å². The summed E-state index contributed by atoms with van der Waals surface area (Å²) in [6.45, 7) is 10.4. The third kappa shape index (κ3) is 6.32. The molecule has 1 aromatic rings. The molecular formula is C19H30N2O3. The number of nitrogens with one attached hydrogen (secondary N) is 2. The SMILES string of the molecule is CC(CO)C(C)NC(=O)CCNC(=O)c1ccc(C(C)(C)C)cc1. The number of aliphatic hydroxyl groups is 1. The van der Waals surface area contributed by atoms with Gasteiger partial charge >= 0.3 is 0 Å². The largest absolute Gasteiger partial charge is 0.396 e. The zero-order chi connectivity index (χ0) is 18.3. The van der Waals surface area contributed by atoms with Gasteiger partial charge in [0.05, 0.1) is 0 Å². The Bertz CT molecular complexity index is 547. The lowest BCUT2D eigenvalue weighted by atomic mass is 9.87. The molecule has 2 amide bonds. The van der Waals surface area contributed by atoms with Crippen molar-refractivity contribution in [2.75, 3.05) is 13.2 Å². The van der Waals surface area contributed by atoms with Crippen molar-refractivity contribution in [2.24, 2.45) is 5.92 Å². The first-order valence-corrected chi connectivity index (χ1v) is 8.44. The molecule has 0 bridgehead atoms. The highest BCUT2D eigenvalue weighted by atomic mass is 16.3. The standard InChI is InChI=1S/C19H30N2O3/c1-13(12-22)14(2)21-17(23)10-11-20-18(24)15-6-8-16(9-7-15)19(3,4)5/h6-9,13-14,22H,10-12H2,1-5H3,(H,20,24)(H,21,23). The van der Waals surface area contributed by atoms with E-state index in [4.69, 9.17) is 5.11 Å². The minimum absolute atomic E-state index is 0.00451. The lowest BCUT2D eigenvalue weighted by Gasteiger charge is -2.19. The maximum absolute atomic E-state index is 12.1. The van der Waals surface area contributed by atoms with Gasteiger partial charge in [-0.3, -0.25) is 9.59 Å². The van der Waals surface area contributed by atoms with Crippen molar-refractivity contribution >= 4 is 11.8 Å². The van der Waals surface area contributed by atoms with E-state index >= 15 is 0 Å². The molecule has 1 aromatic carbocycles. The Kier molecular flexibility index (Phi) is 7.42. The Labute approximate surface area is 144 Å². The molecule has 0 aliphatic heterocycles. The number of carbonyl (C=O) groups is 2. The van der Waals surface area contributed by atoms with Gasteiger partial charge in [0.1, 0.15) is 0 Å². The molecule has 24 heavy (non-hydrogen) atoms. The van der Waals surface area contributed by atoms with Crippen LogP contribution in [0.25, 0.3) is 0 Å². The minimum atomic E-state index is -0.181. The second-order valence-electron chi connectivity index (χ2n) is 7.35. The highest BCUT2D eigenvalue weighted by Gasteiger charge is 2.15. The first-order valence-electron chi connectivity index (χ1n) is 8.44. The number of rotatable bonds is 7. The van der Waals surface area contributed by atoms with Gasteiger partial charge < -0.3 is 15.7 Å². The predicted molar refractivity (Wildman–Crippen MR) is 95.9 cm³/mol. The average molecular weight is 334 g/mol. The maximum atomic E-state index is 12.1. The Morgan fingerprint density at radius 2 is 1.71 bits per heavy atom. The Balaban J connectivity index is 2.42. The molecule has 0 saturated heterocycles. The zero-order valence-electron chi connectivity index (χ0n) is 15.3. The van der Waals surface area contributed by atoms with Gasteiger partial charge in [-0.05, 0) is 36.0 Å². The third-order valence-corrected chi connectivity index (χ3v) is 4.18. The van der Waals surface area contributed by atoms with Crippen LogP contribution in [0.3, 0.4) is 0 Å². The van der Waals surface area contributed by atoms with Gasteiger partial charge in [0.25, 0.3) is 5.91 Å². The molecule has 0 heterocycles. The van der Waals surface area contributed by atoms with Crippen LogP contribution in [0.4, 0.5) is 0 Å². The molecule has 3 N–H and O–H groups in total. The van der Waals surface area contributed by atoms with Gasteiger partial charge in [0, 0.05) is 31.2 Å². The molecule has 2 atom stereocenters. The smallest absolute Gasteiger partial charge is 0.251 e. The van der Waals surface area contributed by atoms with E-state index in [2.05, 4.69) is 31.4 Å². The summed E-state index contributed by atoms with van der Waals surface area (Å²) < 4.78 is 0. The first kappa shape index (κ1) is 20.2. The van der Waals surface area contributed by atoms with Crippen LogP contribution in [-0.4, -0.2) is 36.1 Å². The second-order valence-corrected chi connectivity index (χ2v) is 7.35. The fourth-order valence-corrected chi connectivity index (χ4v) is 2.14. The van der Waals surface area contributed by atoms with E-state index in [1.807, 2.05) is 26.0 Å². The van der Waals surface area contributed by atoms with Gasteiger partial charge in [-0.1, -0.05) is 39.8 Å². The fourth-order valence-electron chi connectivity index (χ4n) is 2.14. The molecular weight excluding hydrogens is 304 g/mol. The topological polar surface area (TPSA) is 78.4 Å². The molecule has 134 valence electrons. The van der Waals surface area contributed by atoms with Crippen molar-refractivity contribution in [1.82, 2.24) is 10.6 Å². The van der Waals surface area contributed by atoms with Gasteiger partial charge in [-0.2, -0.15) is 0 Å². The molecule has 0 radical (unpaired) electrons. The number of aliphatic hydroxyl groups excluding tert-OH is 1. The van der Waals surface area contributed by atoms with Crippen LogP contribution in [0.2, 0.25) is 0 Å². The molecule has 0 saturated carbocycles. The Hall–Kier alpha value is -1.88. The number of amides is 2. The van der Waals surface area contributed by atoms with E-state index in [9.17, 15) is 9.59 Å². The Morgan fingerprint density at radius 3 is 2.21 bits per heavy atom. The quantitative estimate of drug-likeness (QED) is 0.715. The van der Waals surface area contributed by atoms with Crippen molar-refractivity contribution in [1.29, 1.82) is 0 Å². The molecule has 5 nitrogen and oxygen atoms in total. The van der Waals surface area contributed by atoms with E-state index in [0.29, 0.717) is 5.56 Å². The number of benzene rings is 1. The molecule has 2 unspecified atom stereocenters. The minimum Gasteiger partial charge on any atom is -0.396 e. The summed E-state index contributed by atoms with van der Waals surface area (Å²) in [4.78, 5) is 23.9. The van der Waals surface area contributed by atoms with E-state index in [0.717, 1.165) is 0 Å². The van der Waals surface area contributed by atoms with Gasteiger partial charge in [-0.15, -0.1) is 0 Å². The summed E-state index contributed by atoms with van der Waals surface area (Å²) in [7, 11) is 0. The summed E-state index contributed by atoms with van der Waals surface area (Å²) >= 11 is 0. The van der Waals surface area contributed by atoms with Crippen molar-refractivity contribution in [3.63, 3.8) is 0 Å². The first-order chi connectivity index (χ1) is 11.1. The third-order valence-electron chi connectivity index (χ3n) is 4.18. The van der Waals surface area contributed by atoms with Crippen LogP contribution >= 0.6 is 0 Å². The van der Waals surface area contributed by atoms with Crippen molar-refractivity contribution in [3.8, 4) is 0 Å². The molecule has 0 aliphatic rings. The summed E-state index contributed by atoms with van der Waals surface area (Å²) in [5.74, 6) is -0.309. The van der Waals surface area contributed by atoms with E-state index < -0.39 is 0 Å². The summed E-state index contributed by atoms with van der Waals surface area (Å²) in [6.07, 6.45) is 0.217. The van der Waals surface area contributed by atoms with E-state index in [1.54, 1.807) is 12.1 Å². The van der Waals surface area contributed by atoms with E-state index in [-0.39, 0.29) is 48.8 Å². The van der Waals surface area contributed by atoms with Crippen LogP contribution in [0, 0.1) is 5.92 Å². The summed E-state index contributed by atoms with van der Waals surface area (Å²) in [5.41, 5.74) is 1.81. The van der Waals surface area contributed by atoms with Gasteiger partial charge in [0.2, 0.25) is 5.91 Å². The lowest BCUT2D eigenvalue weighted by molar-refractivity contribution is -0.121. The van der Waals surface area contributed by atoms with Gasteiger partial charge in [-0.25, -0.2) is 0 Å². The normalized spacial score (nSPS) is 13.9. The zero-order valence-corrected chi connectivity index (χ0v) is 15.3. The Morgan fingerprint density at radius 1 is 1.12 bits per heavy atom. The number of hydrogen-bond acceptors (Lipinski definition) is 3. The second kappa shape index (κ2) is 8.83. The predicted octanol–water partition coefficient (Wildman–Crippen LogP) is 2.24. The molecule has 5 heteroatoms. The monoisotopic (exact) mass is 334 g/mol. The maximum Gasteiger partial charge on any atom is 0.251 e. The molecule has 0 aromatic heterocycles. The van der Waals surface area contributed by atoms with Gasteiger partial charge in [0.15, 0.2) is 0 Å². The van der Waals surface area contributed by atoms with Crippen LogP contribution in [0.5, 0.6) is 0 Å². The molecule has 0 spiro atoms. The highest BCUT2D eigenvalue weighted by Crippen LogP contribution is 2.22. The average Bonchev–Trinajstić information content (AvgIpc) is 2.53. The van der Waals surface area contributed by atoms with Crippen molar-refractivity contribution in [2.45, 2.75) is 52.5 Å². The molecule has 0 fully saturated rings. The van der Waals surface area contributed by atoms with E-state index in [1.165, 1.54) is 5.56 Å². The fraction of sp³-hybridized carbons (Fsp3) is 0.579. The van der Waals surface area contributed by atoms with Crippen molar-refractivity contribution in [3.05, 3.63) is 35.4 Å². The summed E-state index contributed by atoms with van der Waals surface area (Å²) in [5, 5.41) is 14.6. The van der Waals surface area contributed by atoms with Crippen molar-refractivity contribution < 1.29 is 14.7 Å². The lowest BCUT2D eigenvalue weighted by Crippen LogP contribution is -2.39. The van der Waals surface area contributed by atoms with Crippen LogP contribution in [-0.2, 0) is 10.2 Å². The van der Waals surface area contributed by atoms with Crippen LogP contribution in [0.1, 0.15) is 57.0 Å². The highest BCUT2D eigenvalue weighted by molar-refractivity contribution is 5.94. The molecule has 0 aliphatic carbocycles. The summed E-state index contributed by atoms with van der Waals surface area (Å²) in [6, 6.07) is 7.43. The van der Waals surface area contributed by atoms with Crippen LogP contribution < -0.4 is 10.6 Å². The number of carbonyl (C=O) groups excluding carboxylic acids is 2. The number of hydrogen-bond donors (Lipinski definition) is 3.